The number of aliphatic imine (C=N–C) groups is 1. The molecule has 22 heavy (non-hydrogen) atoms. The predicted molar refractivity (Wildman–Crippen MR) is 84.9 cm³/mol. The van der Waals surface area contributed by atoms with Gasteiger partial charge in [-0.15, -0.1) is 0 Å². The van der Waals surface area contributed by atoms with Crippen molar-refractivity contribution in [2.24, 2.45) is 4.99 Å². The van der Waals surface area contributed by atoms with Crippen LogP contribution in [-0.2, 0) is 0 Å². The molecule has 2 heterocycles. The van der Waals surface area contributed by atoms with E-state index >= 15 is 0 Å². The summed E-state index contributed by atoms with van der Waals surface area (Å²) < 4.78 is 0.993. The van der Waals surface area contributed by atoms with Crippen LogP contribution in [0.3, 0.4) is 0 Å². The zero-order chi connectivity index (χ0) is 15.7. The molecule has 1 aromatic heterocycles. The van der Waals surface area contributed by atoms with E-state index in [1.807, 2.05) is 0 Å². The van der Waals surface area contributed by atoms with Crippen molar-refractivity contribution in [3.63, 3.8) is 0 Å². The lowest BCUT2D eigenvalue weighted by atomic mass is 10.2. The highest BCUT2D eigenvalue weighted by Crippen LogP contribution is 2.21. The lowest BCUT2D eigenvalue weighted by Gasteiger charge is -2.09. The highest BCUT2D eigenvalue weighted by Gasteiger charge is 2.14. The summed E-state index contributed by atoms with van der Waals surface area (Å²) in [6.45, 7) is 0. The Morgan fingerprint density at radius 2 is 1.95 bits per heavy atom. The lowest BCUT2D eigenvalue weighted by Crippen LogP contribution is -2.30. The fourth-order valence-electron chi connectivity index (χ4n) is 2.05. The number of rotatable bonds is 2. The number of aromatic nitrogens is 2. The van der Waals surface area contributed by atoms with Crippen molar-refractivity contribution < 1.29 is 5.11 Å². The van der Waals surface area contributed by atoms with Crippen molar-refractivity contribution in [3.05, 3.63) is 73.5 Å². The number of H-pyrrole nitrogens is 1. The molecule has 2 N–H and O–H groups in total. The SMILES string of the molecule is O=c1[nH]c(=O)n(-c2ccc(Cl)cc2)c(O)c1C=C1C=CC=N1. The molecule has 0 bridgehead atoms. The zero-order valence-corrected chi connectivity index (χ0v) is 11.9. The molecule has 2 aromatic rings. The first-order valence-electron chi connectivity index (χ1n) is 6.33. The lowest BCUT2D eigenvalue weighted by molar-refractivity contribution is 0.429. The van der Waals surface area contributed by atoms with E-state index in [4.69, 9.17) is 11.6 Å². The van der Waals surface area contributed by atoms with Gasteiger partial charge in [-0.05, 0) is 42.5 Å². The number of halogens is 1. The van der Waals surface area contributed by atoms with Gasteiger partial charge in [0.25, 0.3) is 5.56 Å². The number of aromatic amines is 1. The highest BCUT2D eigenvalue weighted by atomic mass is 35.5. The first kappa shape index (κ1) is 14.1. The number of aromatic hydroxyl groups is 1. The van der Waals surface area contributed by atoms with Gasteiger partial charge in [-0.2, -0.15) is 0 Å². The molecular weight excluding hydrogens is 306 g/mol. The summed E-state index contributed by atoms with van der Waals surface area (Å²) in [5.74, 6) is -0.459. The first-order valence-corrected chi connectivity index (χ1v) is 6.71. The van der Waals surface area contributed by atoms with Crippen molar-refractivity contribution >= 4 is 23.9 Å². The van der Waals surface area contributed by atoms with Gasteiger partial charge < -0.3 is 5.11 Å². The second-order valence-corrected chi connectivity index (χ2v) is 4.95. The van der Waals surface area contributed by atoms with Gasteiger partial charge in [0.2, 0.25) is 5.88 Å². The second-order valence-electron chi connectivity index (χ2n) is 4.51. The van der Waals surface area contributed by atoms with Crippen LogP contribution in [0.5, 0.6) is 5.88 Å². The molecule has 0 fully saturated rings. The third-order valence-electron chi connectivity index (χ3n) is 3.07. The fourth-order valence-corrected chi connectivity index (χ4v) is 2.17. The van der Waals surface area contributed by atoms with Gasteiger partial charge >= 0.3 is 5.69 Å². The van der Waals surface area contributed by atoms with Crippen molar-refractivity contribution in [1.82, 2.24) is 9.55 Å². The van der Waals surface area contributed by atoms with Gasteiger partial charge in [0.15, 0.2) is 0 Å². The predicted octanol–water partition coefficient (Wildman–Crippen LogP) is 1.87. The Kier molecular flexibility index (Phi) is 3.52. The first-order chi connectivity index (χ1) is 10.6. The normalized spacial score (nSPS) is 14.9. The quantitative estimate of drug-likeness (QED) is 0.886. The Morgan fingerprint density at radius 3 is 2.59 bits per heavy atom. The number of hydrogen-bond acceptors (Lipinski definition) is 4. The fraction of sp³-hybridized carbons (Fsp3) is 0. The van der Waals surface area contributed by atoms with Crippen LogP contribution in [-0.4, -0.2) is 20.9 Å². The van der Waals surface area contributed by atoms with Crippen molar-refractivity contribution in [2.75, 3.05) is 0 Å². The van der Waals surface area contributed by atoms with Crippen LogP contribution in [0.15, 0.2) is 56.7 Å². The molecule has 0 amide bonds. The Labute approximate surface area is 129 Å². The molecule has 1 aromatic carbocycles. The van der Waals surface area contributed by atoms with Crippen LogP contribution in [0.4, 0.5) is 0 Å². The summed E-state index contributed by atoms with van der Waals surface area (Å²) in [6, 6.07) is 6.28. The van der Waals surface area contributed by atoms with Crippen molar-refractivity contribution in [2.45, 2.75) is 0 Å². The molecule has 3 rings (SSSR count). The van der Waals surface area contributed by atoms with Crippen LogP contribution in [0.2, 0.25) is 5.02 Å². The maximum absolute atomic E-state index is 12.0. The highest BCUT2D eigenvalue weighted by molar-refractivity contribution is 6.30. The van der Waals surface area contributed by atoms with Crippen LogP contribution in [0.25, 0.3) is 11.8 Å². The number of allylic oxidation sites excluding steroid dienone is 2. The summed E-state index contributed by atoms with van der Waals surface area (Å²) in [4.78, 5) is 30.1. The standard InChI is InChI=1S/C15H10ClN3O3/c16-9-3-5-11(6-4-9)19-14(21)12(13(20)18-15(19)22)8-10-2-1-7-17-10/h1-8,21H,(H,18,20,22). The van der Waals surface area contributed by atoms with E-state index in [0.29, 0.717) is 16.4 Å². The zero-order valence-electron chi connectivity index (χ0n) is 11.2. The molecule has 110 valence electrons. The van der Waals surface area contributed by atoms with E-state index in [1.54, 1.807) is 42.6 Å². The molecule has 0 saturated carbocycles. The molecule has 0 atom stereocenters. The Balaban J connectivity index is 2.24. The molecule has 0 unspecified atom stereocenters. The Morgan fingerprint density at radius 1 is 1.23 bits per heavy atom. The van der Waals surface area contributed by atoms with E-state index in [0.717, 1.165) is 4.57 Å². The average Bonchev–Trinajstić information content (AvgIpc) is 2.98. The van der Waals surface area contributed by atoms with Gasteiger partial charge in [0.1, 0.15) is 5.56 Å². The summed E-state index contributed by atoms with van der Waals surface area (Å²) in [5, 5.41) is 10.8. The molecule has 6 nitrogen and oxygen atoms in total. The minimum absolute atomic E-state index is 0.0479. The van der Waals surface area contributed by atoms with E-state index < -0.39 is 17.1 Å². The molecule has 1 aliphatic rings. The second kappa shape index (κ2) is 5.50. The van der Waals surface area contributed by atoms with Crippen LogP contribution >= 0.6 is 11.6 Å². The van der Waals surface area contributed by atoms with Crippen LogP contribution in [0, 0.1) is 0 Å². The molecule has 0 spiro atoms. The maximum atomic E-state index is 12.0. The van der Waals surface area contributed by atoms with Gasteiger partial charge in [-0.1, -0.05) is 11.6 Å². The minimum atomic E-state index is -0.738. The summed E-state index contributed by atoms with van der Waals surface area (Å²) in [7, 11) is 0. The summed E-state index contributed by atoms with van der Waals surface area (Å²) >= 11 is 5.81. The van der Waals surface area contributed by atoms with Crippen molar-refractivity contribution in [1.29, 1.82) is 0 Å². The molecule has 7 heteroatoms. The Hall–Kier alpha value is -2.86. The van der Waals surface area contributed by atoms with E-state index in [1.165, 1.54) is 6.08 Å². The Bertz CT molecular complexity index is 920. The summed E-state index contributed by atoms with van der Waals surface area (Å²) in [5.41, 5.74) is -0.586. The van der Waals surface area contributed by atoms with Crippen molar-refractivity contribution in [3.8, 4) is 11.6 Å². The van der Waals surface area contributed by atoms with E-state index in [9.17, 15) is 14.7 Å². The third-order valence-corrected chi connectivity index (χ3v) is 3.33. The monoisotopic (exact) mass is 315 g/mol. The molecular formula is C15H10ClN3O3. The van der Waals surface area contributed by atoms with E-state index in [-0.39, 0.29) is 5.56 Å². The summed E-state index contributed by atoms with van der Waals surface area (Å²) in [6.07, 6.45) is 6.34. The third kappa shape index (κ3) is 2.51. The number of benzene rings is 1. The number of hydrogen-bond donors (Lipinski definition) is 2. The van der Waals surface area contributed by atoms with Crippen LogP contribution < -0.4 is 11.2 Å². The molecule has 0 saturated heterocycles. The topological polar surface area (TPSA) is 87.5 Å². The molecule has 0 radical (unpaired) electrons. The number of nitrogens with zero attached hydrogens (tertiary/aromatic N) is 2. The average molecular weight is 316 g/mol. The largest absolute Gasteiger partial charge is 0.494 e. The number of nitrogens with one attached hydrogen (secondary N) is 1. The molecule has 0 aliphatic carbocycles. The maximum Gasteiger partial charge on any atom is 0.335 e. The van der Waals surface area contributed by atoms with Gasteiger partial charge in [0, 0.05) is 11.2 Å². The van der Waals surface area contributed by atoms with Crippen LogP contribution in [0.1, 0.15) is 5.56 Å². The smallest absolute Gasteiger partial charge is 0.335 e. The molecule has 1 aliphatic heterocycles. The van der Waals surface area contributed by atoms with Gasteiger partial charge in [-0.25, -0.2) is 9.36 Å². The van der Waals surface area contributed by atoms with Gasteiger partial charge in [-0.3, -0.25) is 14.8 Å². The van der Waals surface area contributed by atoms with Gasteiger partial charge in [0.05, 0.1) is 11.4 Å². The minimum Gasteiger partial charge on any atom is -0.494 e. The van der Waals surface area contributed by atoms with E-state index in [2.05, 4.69) is 9.98 Å².